The molecule has 0 radical (unpaired) electrons. The molecular formula is C22H23FN4O4S2. The van der Waals surface area contributed by atoms with Gasteiger partial charge in [-0.25, -0.2) is 22.6 Å². The van der Waals surface area contributed by atoms with Crippen molar-refractivity contribution in [1.29, 1.82) is 0 Å². The lowest BCUT2D eigenvalue weighted by Crippen LogP contribution is -2.28. The molecule has 8 nitrogen and oxygen atoms in total. The number of halogens is 1. The van der Waals surface area contributed by atoms with E-state index >= 15 is 0 Å². The molecule has 0 saturated heterocycles. The number of thiazole rings is 1. The van der Waals surface area contributed by atoms with Crippen molar-refractivity contribution in [3.63, 3.8) is 0 Å². The number of benzene rings is 2. The molecule has 0 aliphatic carbocycles. The molecule has 0 spiro atoms. The van der Waals surface area contributed by atoms with E-state index in [4.69, 9.17) is 0 Å². The lowest BCUT2D eigenvalue weighted by atomic mass is 10.0. The van der Waals surface area contributed by atoms with Crippen LogP contribution >= 0.6 is 11.3 Å². The Kier molecular flexibility index (Phi) is 7.77. The number of hydrogen-bond donors (Lipinski definition) is 3. The maximum atomic E-state index is 13.2. The molecule has 1 unspecified atom stereocenters. The summed E-state index contributed by atoms with van der Waals surface area (Å²) in [5, 5.41) is 10.0. The van der Waals surface area contributed by atoms with Crippen LogP contribution in [0.1, 0.15) is 29.7 Å². The molecule has 3 N–H and O–H groups in total. The minimum Gasteiger partial charge on any atom is -0.350 e. The van der Waals surface area contributed by atoms with E-state index in [0.717, 1.165) is 6.26 Å². The van der Waals surface area contributed by atoms with Gasteiger partial charge in [0.25, 0.3) is 0 Å². The summed E-state index contributed by atoms with van der Waals surface area (Å²) in [4.78, 5) is 29.0. The Hall–Kier alpha value is -3.31. The summed E-state index contributed by atoms with van der Waals surface area (Å²) < 4.78 is 36.7. The Bertz CT molecular complexity index is 1260. The van der Waals surface area contributed by atoms with Crippen LogP contribution in [0.5, 0.6) is 0 Å². The number of aromatic nitrogens is 1. The number of carbonyl (C=O) groups excluding carboxylic acids is 2. The predicted octanol–water partition coefficient (Wildman–Crippen LogP) is 3.43. The molecule has 0 fully saturated rings. The van der Waals surface area contributed by atoms with E-state index in [2.05, 4.69) is 20.9 Å². The number of nitrogens with zero attached hydrogens (tertiary/aromatic N) is 1. The molecule has 33 heavy (non-hydrogen) atoms. The highest BCUT2D eigenvalue weighted by atomic mass is 32.2. The van der Waals surface area contributed by atoms with Gasteiger partial charge in [-0.1, -0.05) is 24.3 Å². The summed E-state index contributed by atoms with van der Waals surface area (Å²) in [6.45, 7) is 2.00. The Morgan fingerprint density at radius 1 is 1.09 bits per heavy atom. The molecule has 3 amide bonds. The van der Waals surface area contributed by atoms with Gasteiger partial charge in [-0.05, 0) is 42.3 Å². The molecule has 1 aromatic heterocycles. The van der Waals surface area contributed by atoms with Crippen molar-refractivity contribution in [1.82, 2.24) is 15.6 Å². The smallest absolute Gasteiger partial charge is 0.321 e. The van der Waals surface area contributed by atoms with Crippen LogP contribution in [-0.4, -0.2) is 31.6 Å². The van der Waals surface area contributed by atoms with Crippen molar-refractivity contribution in [2.45, 2.75) is 30.8 Å². The second kappa shape index (κ2) is 10.5. The predicted molar refractivity (Wildman–Crippen MR) is 124 cm³/mol. The van der Waals surface area contributed by atoms with Crippen molar-refractivity contribution in [2.75, 3.05) is 11.6 Å². The van der Waals surface area contributed by atoms with E-state index < -0.39 is 21.8 Å². The van der Waals surface area contributed by atoms with Gasteiger partial charge in [0.2, 0.25) is 5.91 Å². The molecule has 1 heterocycles. The van der Waals surface area contributed by atoms with E-state index in [-0.39, 0.29) is 29.7 Å². The molecule has 174 valence electrons. The second-order valence-corrected chi connectivity index (χ2v) is 10.2. The molecule has 0 saturated carbocycles. The lowest BCUT2D eigenvalue weighted by Gasteiger charge is -2.13. The van der Waals surface area contributed by atoms with Crippen LogP contribution in [0.15, 0.2) is 58.8 Å². The van der Waals surface area contributed by atoms with E-state index in [9.17, 15) is 22.4 Å². The number of rotatable bonds is 8. The molecular weight excluding hydrogens is 467 g/mol. The average molecular weight is 491 g/mol. The average Bonchev–Trinajstić information content (AvgIpc) is 3.22. The molecule has 1 atom stereocenters. The van der Waals surface area contributed by atoms with Crippen LogP contribution in [-0.2, 0) is 27.7 Å². The Labute approximate surface area is 195 Å². The minimum absolute atomic E-state index is 0.151. The highest BCUT2D eigenvalue weighted by Gasteiger charge is 2.18. The van der Waals surface area contributed by atoms with Crippen molar-refractivity contribution >= 4 is 38.2 Å². The molecule has 11 heteroatoms. The quantitative estimate of drug-likeness (QED) is 0.447. The fourth-order valence-electron chi connectivity index (χ4n) is 2.91. The Morgan fingerprint density at radius 3 is 2.58 bits per heavy atom. The first-order chi connectivity index (χ1) is 15.6. The molecule has 0 bridgehead atoms. The first kappa shape index (κ1) is 24.3. The summed E-state index contributed by atoms with van der Waals surface area (Å²) in [5.41, 5.74) is 1.78. The summed E-state index contributed by atoms with van der Waals surface area (Å²) in [5.74, 6) is -1.22. The maximum Gasteiger partial charge on any atom is 0.321 e. The van der Waals surface area contributed by atoms with Gasteiger partial charge in [-0.15, -0.1) is 11.3 Å². The third-order valence-corrected chi connectivity index (χ3v) is 6.65. The topological polar surface area (TPSA) is 117 Å². The molecule has 0 aliphatic heterocycles. The summed E-state index contributed by atoms with van der Waals surface area (Å²) in [7, 11) is -3.37. The van der Waals surface area contributed by atoms with E-state index in [1.807, 2.05) is 0 Å². The number of urea groups is 1. The van der Waals surface area contributed by atoms with E-state index in [0.29, 0.717) is 22.0 Å². The van der Waals surface area contributed by atoms with Gasteiger partial charge in [0.15, 0.2) is 15.0 Å². The number of hydrogen-bond acceptors (Lipinski definition) is 6. The number of anilines is 1. The molecule has 3 aromatic rings. The van der Waals surface area contributed by atoms with Crippen LogP contribution in [0.25, 0.3) is 0 Å². The second-order valence-electron chi connectivity index (χ2n) is 7.37. The largest absolute Gasteiger partial charge is 0.350 e. The zero-order valence-corrected chi connectivity index (χ0v) is 19.6. The van der Waals surface area contributed by atoms with Crippen molar-refractivity contribution in [2.24, 2.45) is 0 Å². The highest BCUT2D eigenvalue weighted by Crippen LogP contribution is 2.20. The lowest BCUT2D eigenvalue weighted by molar-refractivity contribution is -0.122. The van der Waals surface area contributed by atoms with Gasteiger partial charge in [-0.3, -0.25) is 10.1 Å². The first-order valence-corrected chi connectivity index (χ1v) is 12.7. The number of carbonyl (C=O) groups is 2. The summed E-state index contributed by atoms with van der Waals surface area (Å²) in [6.07, 6.45) is 1.12. The van der Waals surface area contributed by atoms with Crippen LogP contribution in [0.3, 0.4) is 0 Å². The monoisotopic (exact) mass is 490 g/mol. The first-order valence-electron chi connectivity index (χ1n) is 9.93. The van der Waals surface area contributed by atoms with Gasteiger partial charge >= 0.3 is 6.03 Å². The number of amides is 3. The minimum atomic E-state index is -3.37. The maximum absolute atomic E-state index is 13.2. The fourth-order valence-corrected chi connectivity index (χ4v) is 4.29. The Balaban J connectivity index is 1.50. The third kappa shape index (κ3) is 7.09. The zero-order chi connectivity index (χ0) is 24.0. The zero-order valence-electron chi connectivity index (χ0n) is 18.0. The van der Waals surface area contributed by atoms with Crippen molar-refractivity contribution in [3.05, 3.63) is 76.5 Å². The summed E-state index contributed by atoms with van der Waals surface area (Å²) in [6, 6.07) is 11.7. The van der Waals surface area contributed by atoms with Crippen LogP contribution in [0, 0.1) is 5.82 Å². The molecule has 3 rings (SSSR count). The highest BCUT2D eigenvalue weighted by molar-refractivity contribution is 7.90. The van der Waals surface area contributed by atoms with Gasteiger partial charge in [-0.2, -0.15) is 0 Å². The van der Waals surface area contributed by atoms with Crippen molar-refractivity contribution in [3.8, 4) is 0 Å². The normalized spacial score (nSPS) is 12.1. The standard InChI is InChI=1S/C22H23FN4O4S2/c1-14(16-6-4-8-19(10-16)33(2,30)31)20(28)24-12-18-13-32-22(26-18)27-21(29)25-11-15-5-3-7-17(23)9-15/h3-10,13-14H,11-12H2,1-2H3,(H,24,28)(H2,25,26,27,29). The van der Waals surface area contributed by atoms with E-state index in [1.165, 1.54) is 35.6 Å². The van der Waals surface area contributed by atoms with Crippen LogP contribution in [0.4, 0.5) is 14.3 Å². The number of sulfone groups is 1. The third-order valence-electron chi connectivity index (χ3n) is 4.74. The van der Waals surface area contributed by atoms with Gasteiger partial charge in [0.05, 0.1) is 23.1 Å². The Morgan fingerprint density at radius 2 is 1.85 bits per heavy atom. The van der Waals surface area contributed by atoms with Gasteiger partial charge in [0.1, 0.15) is 5.82 Å². The van der Waals surface area contributed by atoms with Crippen LogP contribution in [0.2, 0.25) is 0 Å². The van der Waals surface area contributed by atoms with Crippen LogP contribution < -0.4 is 16.0 Å². The molecule has 0 aliphatic rings. The SMILES string of the molecule is CC(C(=O)NCc1csc(NC(=O)NCc2cccc(F)c2)n1)c1cccc(S(C)(=O)=O)c1. The van der Waals surface area contributed by atoms with E-state index in [1.54, 1.807) is 36.6 Å². The van der Waals surface area contributed by atoms with Gasteiger partial charge < -0.3 is 10.6 Å². The fraction of sp³-hybridized carbons (Fsp3) is 0.227. The summed E-state index contributed by atoms with van der Waals surface area (Å²) >= 11 is 1.20. The van der Waals surface area contributed by atoms with Gasteiger partial charge in [0, 0.05) is 18.2 Å². The van der Waals surface area contributed by atoms with Crippen molar-refractivity contribution < 1.29 is 22.4 Å². The number of nitrogens with one attached hydrogen (secondary N) is 3. The molecule has 2 aromatic carbocycles.